The average Bonchev–Trinajstić information content (AvgIpc) is 2.38. The monoisotopic (exact) mass is 312 g/mol. The quantitative estimate of drug-likeness (QED) is 0.856. The lowest BCUT2D eigenvalue weighted by atomic mass is 10.1. The molecular formula is C14H14F2N2O2S. The van der Waals surface area contributed by atoms with Gasteiger partial charge in [-0.3, -0.25) is 4.72 Å². The third-order valence-electron chi connectivity index (χ3n) is 3.06. The van der Waals surface area contributed by atoms with E-state index in [4.69, 9.17) is 5.73 Å². The first-order valence-corrected chi connectivity index (χ1v) is 7.54. The summed E-state index contributed by atoms with van der Waals surface area (Å²) in [6.07, 6.45) is 0. The van der Waals surface area contributed by atoms with E-state index in [0.29, 0.717) is 22.9 Å². The van der Waals surface area contributed by atoms with E-state index in [2.05, 4.69) is 4.72 Å². The molecule has 0 saturated carbocycles. The van der Waals surface area contributed by atoms with Crippen LogP contribution in [0.3, 0.4) is 0 Å². The zero-order chi connectivity index (χ0) is 15.8. The fourth-order valence-corrected chi connectivity index (χ4v) is 3.21. The molecule has 0 heterocycles. The van der Waals surface area contributed by atoms with Crippen LogP contribution < -0.4 is 10.5 Å². The number of sulfonamides is 1. The Morgan fingerprint density at radius 1 is 1.05 bits per heavy atom. The van der Waals surface area contributed by atoms with Crippen LogP contribution in [0.15, 0.2) is 35.2 Å². The molecule has 2 rings (SSSR count). The van der Waals surface area contributed by atoms with E-state index in [1.165, 1.54) is 0 Å². The number of nitrogens with one attached hydrogen (secondary N) is 1. The molecule has 0 aromatic heterocycles. The molecule has 0 saturated heterocycles. The van der Waals surface area contributed by atoms with Gasteiger partial charge in [0.2, 0.25) is 0 Å². The first kappa shape index (κ1) is 15.2. The van der Waals surface area contributed by atoms with Gasteiger partial charge in [-0.25, -0.2) is 17.2 Å². The molecule has 0 bridgehead atoms. The lowest BCUT2D eigenvalue weighted by Crippen LogP contribution is -2.17. The van der Waals surface area contributed by atoms with Gasteiger partial charge in [0.25, 0.3) is 10.0 Å². The maximum atomic E-state index is 13.7. The summed E-state index contributed by atoms with van der Waals surface area (Å²) in [6.45, 7) is 3.44. The maximum absolute atomic E-state index is 13.7. The van der Waals surface area contributed by atoms with Gasteiger partial charge < -0.3 is 5.73 Å². The number of anilines is 2. The summed E-state index contributed by atoms with van der Waals surface area (Å²) in [6, 6.07) is 6.44. The van der Waals surface area contributed by atoms with Crippen molar-refractivity contribution < 1.29 is 17.2 Å². The van der Waals surface area contributed by atoms with Crippen molar-refractivity contribution in [1.82, 2.24) is 0 Å². The summed E-state index contributed by atoms with van der Waals surface area (Å²) in [5.41, 5.74) is 6.61. The van der Waals surface area contributed by atoms with Crippen molar-refractivity contribution in [1.29, 1.82) is 0 Å². The highest BCUT2D eigenvalue weighted by molar-refractivity contribution is 7.92. The lowest BCUT2D eigenvalue weighted by molar-refractivity contribution is 0.553. The smallest absolute Gasteiger partial charge is 0.264 e. The van der Waals surface area contributed by atoms with Gasteiger partial charge >= 0.3 is 0 Å². The van der Waals surface area contributed by atoms with Crippen molar-refractivity contribution in [2.24, 2.45) is 0 Å². The highest BCUT2D eigenvalue weighted by atomic mass is 32.2. The van der Waals surface area contributed by atoms with Crippen LogP contribution in [0.4, 0.5) is 20.2 Å². The first-order valence-electron chi connectivity index (χ1n) is 6.06. The standard InChI is InChI=1S/C14H14F2N2O2S/c1-8-4-3-5-9(2)14(8)18-21(19,20)13-7-12(17)10(15)6-11(13)16/h3-7,18H,17H2,1-2H3. The molecule has 3 N–H and O–H groups in total. The van der Waals surface area contributed by atoms with E-state index < -0.39 is 32.2 Å². The van der Waals surface area contributed by atoms with Crippen molar-refractivity contribution in [3.8, 4) is 0 Å². The lowest BCUT2D eigenvalue weighted by Gasteiger charge is -2.14. The summed E-state index contributed by atoms with van der Waals surface area (Å²) in [7, 11) is -4.20. The van der Waals surface area contributed by atoms with Crippen molar-refractivity contribution in [3.63, 3.8) is 0 Å². The Morgan fingerprint density at radius 2 is 1.62 bits per heavy atom. The summed E-state index contributed by atoms with van der Waals surface area (Å²) >= 11 is 0. The Hall–Kier alpha value is -2.15. The van der Waals surface area contributed by atoms with E-state index in [9.17, 15) is 17.2 Å². The Kier molecular flexibility index (Phi) is 3.87. The predicted octanol–water partition coefficient (Wildman–Crippen LogP) is 2.96. The van der Waals surface area contributed by atoms with Gasteiger partial charge in [-0.15, -0.1) is 0 Å². The van der Waals surface area contributed by atoms with Crippen molar-refractivity contribution in [2.75, 3.05) is 10.5 Å². The number of benzene rings is 2. The summed E-state index contributed by atoms with van der Waals surface area (Å²) in [5, 5.41) is 0. The number of nitrogens with two attached hydrogens (primary N) is 1. The number of nitrogen functional groups attached to an aromatic ring is 1. The first-order chi connectivity index (χ1) is 9.72. The third-order valence-corrected chi connectivity index (χ3v) is 4.42. The fourth-order valence-electron chi connectivity index (χ4n) is 1.92. The van der Waals surface area contributed by atoms with Crippen molar-refractivity contribution >= 4 is 21.4 Å². The van der Waals surface area contributed by atoms with Crippen molar-refractivity contribution in [3.05, 3.63) is 53.1 Å². The van der Waals surface area contributed by atoms with Crippen LogP contribution >= 0.6 is 0 Å². The molecule has 2 aromatic carbocycles. The van der Waals surface area contributed by atoms with Crippen LogP contribution in [0.5, 0.6) is 0 Å². The van der Waals surface area contributed by atoms with Gasteiger partial charge in [0.05, 0.1) is 11.4 Å². The Bertz CT molecular complexity index is 785. The van der Waals surface area contributed by atoms with E-state index in [-0.39, 0.29) is 0 Å². The Labute approximate surface area is 121 Å². The van der Waals surface area contributed by atoms with E-state index in [1.807, 2.05) is 0 Å². The topological polar surface area (TPSA) is 72.2 Å². The zero-order valence-electron chi connectivity index (χ0n) is 11.4. The van der Waals surface area contributed by atoms with Gasteiger partial charge in [-0.2, -0.15) is 0 Å². The summed E-state index contributed by atoms with van der Waals surface area (Å²) in [5.74, 6) is -2.20. The molecule has 0 aliphatic heterocycles. The molecule has 4 nitrogen and oxygen atoms in total. The molecule has 112 valence electrons. The van der Waals surface area contributed by atoms with Crippen LogP contribution in [0.25, 0.3) is 0 Å². The largest absolute Gasteiger partial charge is 0.396 e. The minimum absolute atomic E-state index is 0.361. The minimum Gasteiger partial charge on any atom is -0.396 e. The third kappa shape index (κ3) is 2.97. The minimum atomic E-state index is -4.20. The van der Waals surface area contributed by atoms with Gasteiger partial charge in [-0.1, -0.05) is 18.2 Å². The molecule has 0 aliphatic carbocycles. The SMILES string of the molecule is Cc1cccc(C)c1NS(=O)(=O)c1cc(N)c(F)cc1F. The Morgan fingerprint density at radius 3 is 2.19 bits per heavy atom. The second-order valence-corrected chi connectivity index (χ2v) is 6.33. The number of hydrogen-bond acceptors (Lipinski definition) is 3. The summed E-state index contributed by atoms with van der Waals surface area (Å²) < 4.78 is 53.7. The number of hydrogen-bond donors (Lipinski definition) is 2. The van der Waals surface area contributed by atoms with Gasteiger partial charge in [-0.05, 0) is 31.0 Å². The number of rotatable bonds is 3. The van der Waals surface area contributed by atoms with Crippen LogP contribution in [0, 0.1) is 25.5 Å². The Balaban J connectivity index is 2.51. The second kappa shape index (κ2) is 5.33. The molecule has 7 heteroatoms. The molecule has 0 amide bonds. The number of para-hydroxylation sites is 1. The van der Waals surface area contributed by atoms with E-state index in [1.54, 1.807) is 32.0 Å². The second-order valence-electron chi connectivity index (χ2n) is 4.68. The normalized spacial score (nSPS) is 11.4. The molecule has 2 aromatic rings. The highest BCUT2D eigenvalue weighted by Crippen LogP contribution is 2.26. The number of aryl methyl sites for hydroxylation is 2. The predicted molar refractivity (Wildman–Crippen MR) is 77.5 cm³/mol. The van der Waals surface area contributed by atoms with Crippen LogP contribution in [0.2, 0.25) is 0 Å². The molecule has 21 heavy (non-hydrogen) atoms. The van der Waals surface area contributed by atoms with Crippen LogP contribution in [-0.2, 0) is 10.0 Å². The molecule has 0 aliphatic rings. The van der Waals surface area contributed by atoms with Crippen molar-refractivity contribution in [2.45, 2.75) is 18.7 Å². The maximum Gasteiger partial charge on any atom is 0.264 e. The van der Waals surface area contributed by atoms with E-state index in [0.717, 1.165) is 6.07 Å². The number of halogens is 2. The molecular weight excluding hydrogens is 298 g/mol. The zero-order valence-corrected chi connectivity index (χ0v) is 12.3. The fraction of sp³-hybridized carbons (Fsp3) is 0.143. The summed E-state index contributed by atoms with van der Waals surface area (Å²) in [4.78, 5) is -0.691. The van der Waals surface area contributed by atoms with Crippen LogP contribution in [-0.4, -0.2) is 8.42 Å². The average molecular weight is 312 g/mol. The molecule has 0 unspecified atom stereocenters. The van der Waals surface area contributed by atoms with E-state index >= 15 is 0 Å². The highest BCUT2D eigenvalue weighted by Gasteiger charge is 2.22. The van der Waals surface area contributed by atoms with Gasteiger partial charge in [0.1, 0.15) is 16.5 Å². The molecule has 0 radical (unpaired) electrons. The molecule has 0 spiro atoms. The van der Waals surface area contributed by atoms with Gasteiger partial charge in [0.15, 0.2) is 0 Å². The van der Waals surface area contributed by atoms with Gasteiger partial charge in [0, 0.05) is 6.07 Å². The van der Waals surface area contributed by atoms with Crippen LogP contribution in [0.1, 0.15) is 11.1 Å². The molecule has 0 fully saturated rings. The molecule has 0 atom stereocenters.